The Morgan fingerprint density at radius 1 is 1.20 bits per heavy atom. The van der Waals surface area contributed by atoms with Gasteiger partial charge in [-0.15, -0.1) is 0 Å². The second-order valence-electron chi connectivity index (χ2n) is 6.21. The van der Waals surface area contributed by atoms with E-state index >= 15 is 0 Å². The van der Waals surface area contributed by atoms with Crippen molar-refractivity contribution >= 4 is 0 Å². The minimum atomic E-state index is 0.769. The lowest BCUT2D eigenvalue weighted by atomic mass is 9.96. The van der Waals surface area contributed by atoms with Gasteiger partial charge in [-0.3, -0.25) is 4.90 Å². The van der Waals surface area contributed by atoms with Crippen LogP contribution in [0, 0.1) is 17.2 Å². The van der Waals surface area contributed by atoms with Crippen LogP contribution in [-0.2, 0) is 6.54 Å². The van der Waals surface area contributed by atoms with Gasteiger partial charge in [0.05, 0.1) is 11.6 Å². The molecular formula is C17H23N3. The zero-order valence-electron chi connectivity index (χ0n) is 12.0. The summed E-state index contributed by atoms with van der Waals surface area (Å²) in [4.78, 5) is 2.52. The number of piperidine rings is 1. The molecule has 1 aromatic rings. The van der Waals surface area contributed by atoms with E-state index in [0.29, 0.717) is 0 Å². The summed E-state index contributed by atoms with van der Waals surface area (Å²) in [5.74, 6) is 0.859. The largest absolute Gasteiger partial charge is 0.314 e. The van der Waals surface area contributed by atoms with Gasteiger partial charge in [-0.25, -0.2) is 0 Å². The van der Waals surface area contributed by atoms with E-state index in [1.165, 1.54) is 50.9 Å². The lowest BCUT2D eigenvalue weighted by molar-refractivity contribution is 0.175. The molecule has 1 heterocycles. The van der Waals surface area contributed by atoms with E-state index in [4.69, 9.17) is 5.26 Å². The van der Waals surface area contributed by atoms with Crippen molar-refractivity contribution in [2.45, 2.75) is 38.3 Å². The first-order valence-corrected chi connectivity index (χ1v) is 7.78. The average Bonchev–Trinajstić information content (AvgIpc) is 3.31. The van der Waals surface area contributed by atoms with Gasteiger partial charge in [-0.1, -0.05) is 12.1 Å². The van der Waals surface area contributed by atoms with Crippen LogP contribution in [-0.4, -0.2) is 30.6 Å². The maximum Gasteiger partial charge on any atom is 0.0991 e. The predicted molar refractivity (Wildman–Crippen MR) is 80.2 cm³/mol. The summed E-state index contributed by atoms with van der Waals surface area (Å²) < 4.78 is 0. The molecule has 106 valence electrons. The molecule has 0 atom stereocenters. The quantitative estimate of drug-likeness (QED) is 0.892. The lowest BCUT2D eigenvalue weighted by Gasteiger charge is -2.32. The fourth-order valence-corrected chi connectivity index (χ4v) is 2.97. The second-order valence-corrected chi connectivity index (χ2v) is 6.21. The van der Waals surface area contributed by atoms with Gasteiger partial charge in [0, 0.05) is 12.6 Å². The third-order valence-corrected chi connectivity index (χ3v) is 4.44. The van der Waals surface area contributed by atoms with Gasteiger partial charge < -0.3 is 5.32 Å². The average molecular weight is 269 g/mol. The maximum atomic E-state index is 8.94. The van der Waals surface area contributed by atoms with Crippen LogP contribution in [0.2, 0.25) is 0 Å². The molecule has 0 aromatic heterocycles. The van der Waals surface area contributed by atoms with Crippen LogP contribution >= 0.6 is 0 Å². The van der Waals surface area contributed by atoms with Crippen LogP contribution in [0.1, 0.15) is 36.8 Å². The van der Waals surface area contributed by atoms with Gasteiger partial charge in [0.25, 0.3) is 0 Å². The van der Waals surface area contributed by atoms with E-state index in [9.17, 15) is 0 Å². The SMILES string of the molecule is N#Cc1cccc(CN2CCC(CNC3CC3)CC2)c1. The third kappa shape index (κ3) is 3.82. The lowest BCUT2D eigenvalue weighted by Crippen LogP contribution is -2.37. The van der Waals surface area contributed by atoms with Gasteiger partial charge in [0.2, 0.25) is 0 Å². The molecule has 1 N–H and O–H groups in total. The van der Waals surface area contributed by atoms with Crippen LogP contribution in [0.5, 0.6) is 0 Å². The molecule has 3 rings (SSSR count). The van der Waals surface area contributed by atoms with Crippen molar-refractivity contribution in [3.63, 3.8) is 0 Å². The number of nitriles is 1. The van der Waals surface area contributed by atoms with Crippen LogP contribution in [0.25, 0.3) is 0 Å². The number of rotatable bonds is 5. The standard InChI is InChI=1S/C17H23N3/c18-11-15-2-1-3-16(10-15)13-20-8-6-14(7-9-20)12-19-17-4-5-17/h1-3,10,14,17,19H,4-9,12-13H2. The number of hydrogen-bond donors (Lipinski definition) is 1. The second kappa shape index (κ2) is 6.39. The Balaban J connectivity index is 1.44. The summed E-state index contributed by atoms with van der Waals surface area (Å²) in [5, 5.41) is 12.6. The molecule has 0 radical (unpaired) electrons. The highest BCUT2D eigenvalue weighted by atomic mass is 15.1. The Morgan fingerprint density at radius 2 is 2.00 bits per heavy atom. The minimum Gasteiger partial charge on any atom is -0.314 e. The Kier molecular flexibility index (Phi) is 4.34. The van der Waals surface area contributed by atoms with Crippen molar-refractivity contribution in [2.24, 2.45) is 5.92 Å². The molecule has 0 bridgehead atoms. The first-order valence-electron chi connectivity index (χ1n) is 7.78. The number of nitrogens with one attached hydrogen (secondary N) is 1. The van der Waals surface area contributed by atoms with Gasteiger partial charge in [-0.2, -0.15) is 5.26 Å². The van der Waals surface area contributed by atoms with E-state index in [-0.39, 0.29) is 0 Å². The molecule has 3 heteroatoms. The van der Waals surface area contributed by atoms with Crippen molar-refractivity contribution in [3.05, 3.63) is 35.4 Å². The normalized spacial score (nSPS) is 20.8. The first-order chi connectivity index (χ1) is 9.83. The minimum absolute atomic E-state index is 0.769. The zero-order chi connectivity index (χ0) is 13.8. The molecule has 1 aliphatic heterocycles. The number of likely N-dealkylation sites (tertiary alicyclic amines) is 1. The fourth-order valence-electron chi connectivity index (χ4n) is 2.97. The van der Waals surface area contributed by atoms with E-state index < -0.39 is 0 Å². The van der Waals surface area contributed by atoms with Crippen LogP contribution in [0.4, 0.5) is 0 Å². The molecule has 0 spiro atoms. The molecule has 1 saturated carbocycles. The van der Waals surface area contributed by atoms with Crippen LogP contribution in [0.15, 0.2) is 24.3 Å². The van der Waals surface area contributed by atoms with Crippen molar-refractivity contribution in [1.29, 1.82) is 5.26 Å². The summed E-state index contributed by atoms with van der Waals surface area (Å²) >= 11 is 0. The highest BCUT2D eigenvalue weighted by molar-refractivity contribution is 5.32. The highest BCUT2D eigenvalue weighted by Gasteiger charge is 2.24. The Morgan fingerprint density at radius 3 is 2.70 bits per heavy atom. The summed E-state index contributed by atoms with van der Waals surface area (Å²) in [7, 11) is 0. The molecule has 2 fully saturated rings. The predicted octanol–water partition coefficient (Wildman–Crippen LogP) is 2.52. The molecule has 1 aliphatic carbocycles. The zero-order valence-corrected chi connectivity index (χ0v) is 12.0. The topological polar surface area (TPSA) is 39.1 Å². The van der Waals surface area contributed by atoms with Crippen molar-refractivity contribution in [1.82, 2.24) is 10.2 Å². The summed E-state index contributed by atoms with van der Waals surface area (Å²) in [5.41, 5.74) is 2.03. The van der Waals surface area contributed by atoms with Gasteiger partial charge in [-0.05, 0) is 68.9 Å². The molecule has 3 nitrogen and oxygen atoms in total. The van der Waals surface area contributed by atoms with E-state index in [1.807, 2.05) is 18.2 Å². The molecule has 1 saturated heterocycles. The Hall–Kier alpha value is -1.37. The molecule has 2 aliphatic rings. The van der Waals surface area contributed by atoms with Crippen molar-refractivity contribution in [3.8, 4) is 6.07 Å². The Labute approximate surface area is 121 Å². The molecule has 0 amide bonds. The summed E-state index contributed by atoms with van der Waals surface area (Å²) in [6, 6.07) is 11.1. The van der Waals surface area contributed by atoms with Crippen molar-refractivity contribution in [2.75, 3.05) is 19.6 Å². The third-order valence-electron chi connectivity index (χ3n) is 4.44. The first kappa shape index (κ1) is 13.6. The summed E-state index contributed by atoms with van der Waals surface area (Å²) in [6.07, 6.45) is 5.37. The number of hydrogen-bond acceptors (Lipinski definition) is 3. The van der Waals surface area contributed by atoms with E-state index in [1.54, 1.807) is 0 Å². The van der Waals surface area contributed by atoms with Crippen LogP contribution < -0.4 is 5.32 Å². The number of nitrogens with zero attached hydrogens (tertiary/aromatic N) is 2. The molecule has 20 heavy (non-hydrogen) atoms. The van der Waals surface area contributed by atoms with Crippen molar-refractivity contribution < 1.29 is 0 Å². The maximum absolute atomic E-state index is 8.94. The highest BCUT2D eigenvalue weighted by Crippen LogP contribution is 2.22. The van der Waals surface area contributed by atoms with Gasteiger partial charge >= 0.3 is 0 Å². The van der Waals surface area contributed by atoms with Gasteiger partial charge in [0.1, 0.15) is 0 Å². The molecule has 0 unspecified atom stereocenters. The molecular weight excluding hydrogens is 246 g/mol. The van der Waals surface area contributed by atoms with E-state index in [0.717, 1.165) is 24.1 Å². The monoisotopic (exact) mass is 269 g/mol. The summed E-state index contributed by atoms with van der Waals surface area (Å²) in [6.45, 7) is 4.57. The number of benzene rings is 1. The molecule has 1 aromatic carbocycles. The van der Waals surface area contributed by atoms with Crippen LogP contribution in [0.3, 0.4) is 0 Å². The van der Waals surface area contributed by atoms with Gasteiger partial charge in [0.15, 0.2) is 0 Å². The smallest absolute Gasteiger partial charge is 0.0991 e. The Bertz CT molecular complexity index is 479. The fraction of sp³-hybridized carbons (Fsp3) is 0.588. The van der Waals surface area contributed by atoms with E-state index in [2.05, 4.69) is 22.4 Å².